The fraction of sp³-hybridized carbons (Fsp3) is 0.467. The molecule has 0 radical (unpaired) electrons. The summed E-state index contributed by atoms with van der Waals surface area (Å²) < 4.78 is 23.9. The van der Waals surface area contributed by atoms with Crippen LogP contribution in [0, 0.1) is 5.82 Å². The van der Waals surface area contributed by atoms with E-state index in [0.717, 1.165) is 0 Å². The average molecular weight is 311 g/mol. The van der Waals surface area contributed by atoms with Crippen LogP contribution in [-0.2, 0) is 14.3 Å². The first kappa shape index (κ1) is 16.2. The molecule has 6 nitrogen and oxygen atoms in total. The summed E-state index contributed by atoms with van der Waals surface area (Å²) in [5, 5.41) is 8.78. The third-order valence-electron chi connectivity index (χ3n) is 3.31. The van der Waals surface area contributed by atoms with Gasteiger partial charge in [0.2, 0.25) is 0 Å². The lowest BCUT2D eigenvalue weighted by Gasteiger charge is -2.33. The lowest BCUT2D eigenvalue weighted by Crippen LogP contribution is -2.50. The van der Waals surface area contributed by atoms with Crippen molar-refractivity contribution < 1.29 is 28.6 Å². The number of carbonyl (C=O) groups excluding carboxylic acids is 1. The molecule has 1 heterocycles. The van der Waals surface area contributed by atoms with Crippen LogP contribution in [0.3, 0.4) is 0 Å². The van der Waals surface area contributed by atoms with E-state index < -0.39 is 24.0 Å². The number of morpholine rings is 1. The van der Waals surface area contributed by atoms with Gasteiger partial charge in [0.1, 0.15) is 11.6 Å². The number of carboxylic acid groups (broad SMARTS) is 1. The number of amides is 1. The largest absolute Gasteiger partial charge is 0.481 e. The van der Waals surface area contributed by atoms with Crippen molar-refractivity contribution in [2.24, 2.45) is 0 Å². The van der Waals surface area contributed by atoms with Crippen LogP contribution in [0.25, 0.3) is 0 Å². The topological polar surface area (TPSA) is 76.1 Å². The molecule has 1 aromatic carbocycles. The molecule has 1 fully saturated rings. The van der Waals surface area contributed by atoms with Gasteiger partial charge in [-0.2, -0.15) is 0 Å². The van der Waals surface area contributed by atoms with Gasteiger partial charge in [0.05, 0.1) is 19.1 Å². The van der Waals surface area contributed by atoms with E-state index in [0.29, 0.717) is 6.54 Å². The lowest BCUT2D eigenvalue weighted by atomic mass is 10.2. The Kier molecular flexibility index (Phi) is 5.32. The number of benzene rings is 1. The Labute approximate surface area is 127 Å². The van der Waals surface area contributed by atoms with E-state index in [1.54, 1.807) is 13.0 Å². The second kappa shape index (κ2) is 7.22. The van der Waals surface area contributed by atoms with Gasteiger partial charge < -0.3 is 19.5 Å². The molecule has 0 saturated carbocycles. The predicted octanol–water partition coefficient (Wildman–Crippen LogP) is 1.30. The number of carbonyl (C=O) groups is 2. The zero-order chi connectivity index (χ0) is 16.1. The highest BCUT2D eigenvalue weighted by atomic mass is 19.1. The molecule has 1 saturated heterocycles. The number of rotatable bonds is 5. The monoisotopic (exact) mass is 311 g/mol. The number of carboxylic acids is 1. The van der Waals surface area contributed by atoms with E-state index >= 15 is 0 Å². The van der Waals surface area contributed by atoms with E-state index in [-0.39, 0.29) is 31.2 Å². The Balaban J connectivity index is 1.93. The Bertz CT molecular complexity index is 550. The summed E-state index contributed by atoms with van der Waals surface area (Å²) in [6.07, 6.45) is -1.45. The first-order chi connectivity index (χ1) is 10.5. The number of hydrogen-bond donors (Lipinski definition) is 1. The number of hydrogen-bond acceptors (Lipinski definition) is 4. The van der Waals surface area contributed by atoms with Crippen molar-refractivity contribution in [3.05, 3.63) is 30.1 Å². The molecule has 1 aliphatic rings. The number of ether oxygens (including phenoxy) is 2. The number of nitrogens with zero attached hydrogens (tertiary/aromatic N) is 1. The van der Waals surface area contributed by atoms with Crippen LogP contribution >= 0.6 is 0 Å². The van der Waals surface area contributed by atoms with E-state index in [4.69, 9.17) is 14.6 Å². The molecule has 2 rings (SSSR count). The van der Waals surface area contributed by atoms with Crippen LogP contribution in [0.15, 0.2) is 24.3 Å². The maximum atomic E-state index is 13.1. The van der Waals surface area contributed by atoms with Crippen LogP contribution < -0.4 is 4.74 Å². The first-order valence-corrected chi connectivity index (χ1v) is 7.00. The molecule has 1 aliphatic heterocycles. The highest BCUT2D eigenvalue weighted by molar-refractivity contribution is 5.81. The quantitative estimate of drug-likeness (QED) is 0.887. The Hall–Kier alpha value is -2.15. The zero-order valence-electron chi connectivity index (χ0n) is 12.2. The van der Waals surface area contributed by atoms with Crippen molar-refractivity contribution in [3.8, 4) is 5.75 Å². The van der Waals surface area contributed by atoms with Crippen molar-refractivity contribution in [1.82, 2.24) is 4.90 Å². The molecular formula is C15H18FNO5. The Morgan fingerprint density at radius 1 is 1.55 bits per heavy atom. The number of halogens is 1. The van der Waals surface area contributed by atoms with Crippen molar-refractivity contribution >= 4 is 11.9 Å². The van der Waals surface area contributed by atoms with Gasteiger partial charge in [0.15, 0.2) is 6.10 Å². The van der Waals surface area contributed by atoms with E-state index in [1.807, 2.05) is 0 Å². The average Bonchev–Trinajstić information content (AvgIpc) is 2.46. The van der Waals surface area contributed by atoms with Crippen molar-refractivity contribution in [2.45, 2.75) is 25.6 Å². The highest BCUT2D eigenvalue weighted by Gasteiger charge is 2.29. The molecule has 0 aliphatic carbocycles. The summed E-state index contributed by atoms with van der Waals surface area (Å²) in [5.41, 5.74) is 0. The smallest absolute Gasteiger partial charge is 0.306 e. The van der Waals surface area contributed by atoms with Gasteiger partial charge in [-0.3, -0.25) is 9.59 Å². The molecular weight excluding hydrogens is 293 g/mol. The van der Waals surface area contributed by atoms with Crippen LogP contribution in [0.2, 0.25) is 0 Å². The minimum Gasteiger partial charge on any atom is -0.481 e. The fourth-order valence-corrected chi connectivity index (χ4v) is 2.29. The molecule has 120 valence electrons. The van der Waals surface area contributed by atoms with Gasteiger partial charge in [0, 0.05) is 19.2 Å². The normalized spacial score (nSPS) is 19.5. The van der Waals surface area contributed by atoms with Gasteiger partial charge in [-0.25, -0.2) is 4.39 Å². The SMILES string of the molecule is C[C@@H](Oc1cccc(F)c1)C(=O)N1CCO[C@H](CC(=O)O)C1. The van der Waals surface area contributed by atoms with Crippen molar-refractivity contribution in [2.75, 3.05) is 19.7 Å². The van der Waals surface area contributed by atoms with Crippen LogP contribution in [-0.4, -0.2) is 53.8 Å². The summed E-state index contributed by atoms with van der Waals surface area (Å²) in [4.78, 5) is 24.5. The molecule has 1 aromatic rings. The van der Waals surface area contributed by atoms with Crippen LogP contribution in [0.1, 0.15) is 13.3 Å². The van der Waals surface area contributed by atoms with E-state index in [9.17, 15) is 14.0 Å². The minimum atomic E-state index is -0.969. The third-order valence-corrected chi connectivity index (χ3v) is 3.31. The Morgan fingerprint density at radius 3 is 3.00 bits per heavy atom. The summed E-state index contributed by atoms with van der Waals surface area (Å²) >= 11 is 0. The predicted molar refractivity (Wildman–Crippen MR) is 75.1 cm³/mol. The summed E-state index contributed by atoms with van der Waals surface area (Å²) in [7, 11) is 0. The van der Waals surface area contributed by atoms with Crippen LogP contribution in [0.5, 0.6) is 5.75 Å². The minimum absolute atomic E-state index is 0.150. The van der Waals surface area contributed by atoms with E-state index in [1.165, 1.54) is 23.1 Å². The second-order valence-electron chi connectivity index (χ2n) is 5.09. The van der Waals surface area contributed by atoms with Gasteiger partial charge in [0.25, 0.3) is 5.91 Å². The van der Waals surface area contributed by atoms with Gasteiger partial charge in [-0.15, -0.1) is 0 Å². The first-order valence-electron chi connectivity index (χ1n) is 7.00. The van der Waals surface area contributed by atoms with Gasteiger partial charge >= 0.3 is 5.97 Å². The summed E-state index contributed by atoms with van der Waals surface area (Å²) in [6.45, 7) is 2.46. The maximum Gasteiger partial charge on any atom is 0.306 e. The molecule has 0 bridgehead atoms. The standard InChI is InChI=1S/C15H18FNO5/c1-10(22-12-4-2-3-11(16)7-12)15(20)17-5-6-21-13(9-17)8-14(18)19/h2-4,7,10,13H,5-6,8-9H2,1H3,(H,18,19)/t10-,13-/m1/s1. The van der Waals surface area contributed by atoms with E-state index in [2.05, 4.69) is 0 Å². The number of aliphatic carboxylic acids is 1. The van der Waals surface area contributed by atoms with Gasteiger partial charge in [-0.1, -0.05) is 6.07 Å². The molecule has 0 spiro atoms. The lowest BCUT2D eigenvalue weighted by molar-refractivity contribution is -0.151. The maximum absolute atomic E-state index is 13.1. The molecule has 1 N–H and O–H groups in total. The Morgan fingerprint density at radius 2 is 2.32 bits per heavy atom. The molecule has 0 unspecified atom stereocenters. The van der Waals surface area contributed by atoms with Crippen LogP contribution in [0.4, 0.5) is 4.39 Å². The van der Waals surface area contributed by atoms with Crippen molar-refractivity contribution in [3.63, 3.8) is 0 Å². The molecule has 7 heteroatoms. The highest BCUT2D eigenvalue weighted by Crippen LogP contribution is 2.16. The molecule has 1 amide bonds. The molecule has 0 aromatic heterocycles. The van der Waals surface area contributed by atoms with Gasteiger partial charge in [-0.05, 0) is 19.1 Å². The zero-order valence-corrected chi connectivity index (χ0v) is 12.2. The summed E-state index contributed by atoms with van der Waals surface area (Å²) in [6, 6.07) is 5.56. The van der Waals surface area contributed by atoms with Crippen molar-refractivity contribution in [1.29, 1.82) is 0 Å². The molecule has 22 heavy (non-hydrogen) atoms. The second-order valence-corrected chi connectivity index (χ2v) is 5.09. The molecule has 2 atom stereocenters. The fourth-order valence-electron chi connectivity index (χ4n) is 2.29. The third kappa shape index (κ3) is 4.42. The summed E-state index contributed by atoms with van der Waals surface area (Å²) in [5.74, 6) is -1.41.